The molecule has 28 heavy (non-hydrogen) atoms. The number of hydrogen-bond acceptors (Lipinski definition) is 5. The van der Waals surface area contributed by atoms with Crippen LogP contribution in [-0.4, -0.2) is 47.2 Å². The van der Waals surface area contributed by atoms with E-state index in [9.17, 15) is 4.79 Å². The van der Waals surface area contributed by atoms with E-state index in [0.717, 1.165) is 41.7 Å². The number of aromatic nitrogens is 2. The van der Waals surface area contributed by atoms with E-state index in [0.29, 0.717) is 22.9 Å². The highest BCUT2D eigenvalue weighted by molar-refractivity contribution is 6.06. The topological polar surface area (TPSA) is 84.1 Å². The molecule has 2 aromatic carbocycles. The maximum absolute atomic E-state index is 12.0. The van der Waals surface area contributed by atoms with Crippen molar-refractivity contribution in [3.8, 4) is 11.3 Å². The van der Waals surface area contributed by atoms with Gasteiger partial charge in [0, 0.05) is 34.5 Å². The lowest BCUT2D eigenvalue weighted by Gasteiger charge is -2.30. The van der Waals surface area contributed by atoms with Gasteiger partial charge >= 0.3 is 0 Å². The Morgan fingerprint density at radius 3 is 2.71 bits per heavy atom. The molecule has 144 valence electrons. The predicted molar refractivity (Wildman–Crippen MR) is 112 cm³/mol. The normalized spacial score (nSPS) is 17.6. The van der Waals surface area contributed by atoms with Crippen LogP contribution < -0.4 is 11.1 Å². The first-order chi connectivity index (χ1) is 13.5. The van der Waals surface area contributed by atoms with Gasteiger partial charge in [0.1, 0.15) is 5.69 Å². The summed E-state index contributed by atoms with van der Waals surface area (Å²) in [5.74, 6) is 0.324. The van der Waals surface area contributed by atoms with Crippen molar-refractivity contribution in [1.82, 2.24) is 15.1 Å². The molecule has 0 aliphatic carbocycles. The molecule has 1 unspecified atom stereocenters. The average molecular weight is 375 g/mol. The van der Waals surface area contributed by atoms with Crippen molar-refractivity contribution in [2.75, 3.05) is 25.5 Å². The third-order valence-electron chi connectivity index (χ3n) is 5.35. The molecule has 0 spiro atoms. The van der Waals surface area contributed by atoms with Gasteiger partial charge in [0.05, 0.1) is 0 Å². The van der Waals surface area contributed by atoms with Crippen molar-refractivity contribution in [3.05, 3.63) is 53.6 Å². The van der Waals surface area contributed by atoms with Crippen LogP contribution in [0.4, 0.5) is 5.82 Å². The number of carbonyl (C=O) groups excluding carboxylic acids is 1. The second kappa shape index (κ2) is 7.56. The van der Waals surface area contributed by atoms with E-state index in [4.69, 9.17) is 5.73 Å². The molecule has 4 rings (SSSR count). The summed E-state index contributed by atoms with van der Waals surface area (Å²) in [7, 11) is 2.14. The average Bonchev–Trinajstić information content (AvgIpc) is 2.68. The van der Waals surface area contributed by atoms with Crippen LogP contribution in [-0.2, 0) is 0 Å². The fourth-order valence-electron chi connectivity index (χ4n) is 3.96. The Balaban J connectivity index is 1.80. The molecule has 3 N–H and O–H groups in total. The van der Waals surface area contributed by atoms with Crippen LogP contribution in [0.2, 0.25) is 0 Å². The Labute approximate surface area is 164 Å². The summed E-state index contributed by atoms with van der Waals surface area (Å²) < 4.78 is 0. The highest BCUT2D eigenvalue weighted by Crippen LogP contribution is 2.32. The second-order valence-electron chi connectivity index (χ2n) is 7.60. The molecule has 1 fully saturated rings. The molecule has 0 bridgehead atoms. The van der Waals surface area contributed by atoms with Gasteiger partial charge in [-0.2, -0.15) is 0 Å². The third kappa shape index (κ3) is 3.55. The number of hydrogen-bond donors (Lipinski definition) is 2. The summed E-state index contributed by atoms with van der Waals surface area (Å²) >= 11 is 0. The highest BCUT2D eigenvalue weighted by atomic mass is 16.1. The quantitative estimate of drug-likeness (QED) is 0.731. The summed E-state index contributed by atoms with van der Waals surface area (Å²) in [6, 6.07) is 14.0. The van der Waals surface area contributed by atoms with Gasteiger partial charge in [0.2, 0.25) is 5.91 Å². The van der Waals surface area contributed by atoms with E-state index >= 15 is 0 Å². The Bertz CT molecular complexity index is 1030. The minimum atomic E-state index is -0.461. The molecule has 2 heterocycles. The number of rotatable bonds is 4. The SMILES string of the molecule is Cc1ccc(-c2nnc(NC3CCCN(C)C3)c3ccccc23)c(C(N)=O)c1. The molecular weight excluding hydrogens is 350 g/mol. The number of nitrogens with zero attached hydrogens (tertiary/aromatic N) is 3. The molecule has 1 aliphatic rings. The minimum Gasteiger partial charge on any atom is -0.366 e. The van der Waals surface area contributed by atoms with E-state index in [2.05, 4.69) is 27.5 Å². The van der Waals surface area contributed by atoms with Crippen LogP contribution in [0.1, 0.15) is 28.8 Å². The minimum absolute atomic E-state index is 0.350. The van der Waals surface area contributed by atoms with Crippen molar-refractivity contribution in [2.45, 2.75) is 25.8 Å². The van der Waals surface area contributed by atoms with Crippen LogP contribution in [0.3, 0.4) is 0 Å². The number of carbonyl (C=O) groups is 1. The van der Waals surface area contributed by atoms with Crippen LogP contribution in [0.5, 0.6) is 0 Å². The number of anilines is 1. The zero-order chi connectivity index (χ0) is 19.7. The van der Waals surface area contributed by atoms with Gasteiger partial charge in [0.15, 0.2) is 5.82 Å². The van der Waals surface area contributed by atoms with E-state index < -0.39 is 5.91 Å². The molecule has 1 aromatic heterocycles. The monoisotopic (exact) mass is 375 g/mol. The number of nitrogens with two attached hydrogens (primary N) is 1. The van der Waals surface area contributed by atoms with Gasteiger partial charge in [-0.05, 0) is 39.4 Å². The lowest BCUT2D eigenvalue weighted by molar-refractivity contribution is 0.100. The maximum Gasteiger partial charge on any atom is 0.249 e. The maximum atomic E-state index is 12.0. The molecule has 0 radical (unpaired) electrons. The fraction of sp³-hybridized carbons (Fsp3) is 0.318. The number of piperidine rings is 1. The van der Waals surface area contributed by atoms with E-state index in [1.165, 1.54) is 6.42 Å². The molecule has 1 amide bonds. The Hall–Kier alpha value is -2.99. The Kier molecular flexibility index (Phi) is 4.96. The third-order valence-corrected chi connectivity index (χ3v) is 5.35. The van der Waals surface area contributed by atoms with Crippen LogP contribution in [0.15, 0.2) is 42.5 Å². The smallest absolute Gasteiger partial charge is 0.249 e. The lowest BCUT2D eigenvalue weighted by Crippen LogP contribution is -2.40. The van der Waals surface area contributed by atoms with Crippen molar-refractivity contribution in [2.24, 2.45) is 5.73 Å². The number of likely N-dealkylation sites (N-methyl/N-ethyl adjacent to an activating group) is 1. The van der Waals surface area contributed by atoms with Crippen molar-refractivity contribution >= 4 is 22.5 Å². The molecule has 3 aromatic rings. The fourth-order valence-corrected chi connectivity index (χ4v) is 3.96. The number of fused-ring (bicyclic) bond motifs is 1. The summed E-state index contributed by atoms with van der Waals surface area (Å²) in [6.07, 6.45) is 2.29. The molecular formula is C22H25N5O. The van der Waals surface area contributed by atoms with Crippen LogP contribution in [0, 0.1) is 6.92 Å². The van der Waals surface area contributed by atoms with Gasteiger partial charge < -0.3 is 16.0 Å². The first-order valence-corrected chi connectivity index (χ1v) is 9.64. The molecule has 1 atom stereocenters. The van der Waals surface area contributed by atoms with Crippen LogP contribution >= 0.6 is 0 Å². The number of benzene rings is 2. The molecule has 1 saturated heterocycles. The molecule has 6 heteroatoms. The molecule has 1 aliphatic heterocycles. The van der Waals surface area contributed by atoms with Gasteiger partial charge in [-0.15, -0.1) is 10.2 Å². The highest BCUT2D eigenvalue weighted by Gasteiger charge is 2.20. The van der Waals surface area contributed by atoms with E-state index in [1.807, 2.05) is 43.3 Å². The summed E-state index contributed by atoms with van der Waals surface area (Å²) in [6.45, 7) is 4.06. The number of nitrogens with one attached hydrogen (secondary N) is 1. The zero-order valence-electron chi connectivity index (χ0n) is 16.3. The summed E-state index contributed by atoms with van der Waals surface area (Å²) in [4.78, 5) is 14.3. The van der Waals surface area contributed by atoms with Gasteiger partial charge in [-0.25, -0.2) is 0 Å². The first kappa shape index (κ1) is 18.4. The predicted octanol–water partition coefficient (Wildman–Crippen LogP) is 3.21. The van der Waals surface area contributed by atoms with Crippen molar-refractivity contribution in [1.29, 1.82) is 0 Å². The van der Waals surface area contributed by atoms with Gasteiger partial charge in [-0.1, -0.05) is 42.0 Å². The van der Waals surface area contributed by atoms with Crippen molar-refractivity contribution in [3.63, 3.8) is 0 Å². The standard InChI is InChI=1S/C22H25N5O/c1-14-9-10-17(19(12-14)21(23)28)20-16-7-3-4-8-18(16)22(26-25-20)24-15-6-5-11-27(2)13-15/h3-4,7-10,12,15H,5-6,11,13H2,1-2H3,(H2,23,28)(H,24,26). The molecule has 6 nitrogen and oxygen atoms in total. The lowest BCUT2D eigenvalue weighted by atomic mass is 9.97. The van der Waals surface area contributed by atoms with E-state index in [1.54, 1.807) is 6.07 Å². The summed E-state index contributed by atoms with van der Waals surface area (Å²) in [5.41, 5.74) is 8.47. The van der Waals surface area contributed by atoms with Crippen LogP contribution in [0.25, 0.3) is 22.0 Å². The first-order valence-electron chi connectivity index (χ1n) is 9.64. The number of aryl methyl sites for hydroxylation is 1. The number of amides is 1. The number of primary amides is 1. The molecule has 0 saturated carbocycles. The van der Waals surface area contributed by atoms with Gasteiger partial charge in [-0.3, -0.25) is 4.79 Å². The van der Waals surface area contributed by atoms with Crippen molar-refractivity contribution < 1.29 is 4.79 Å². The largest absolute Gasteiger partial charge is 0.366 e. The zero-order valence-corrected chi connectivity index (χ0v) is 16.3. The van der Waals surface area contributed by atoms with Gasteiger partial charge in [0.25, 0.3) is 0 Å². The Morgan fingerprint density at radius 2 is 1.96 bits per heavy atom. The Morgan fingerprint density at radius 1 is 1.18 bits per heavy atom. The van der Waals surface area contributed by atoms with E-state index in [-0.39, 0.29) is 0 Å². The summed E-state index contributed by atoms with van der Waals surface area (Å²) in [5, 5.41) is 14.5. The second-order valence-corrected chi connectivity index (χ2v) is 7.60. The number of likely N-dealkylation sites (tertiary alicyclic amines) is 1.